The van der Waals surface area contributed by atoms with E-state index in [1.54, 1.807) is 0 Å². The molecule has 1 aliphatic rings. The van der Waals surface area contributed by atoms with Crippen LogP contribution in [-0.2, 0) is 13.0 Å². The maximum Gasteiger partial charge on any atom is 0.0628 e. The Labute approximate surface area is 117 Å². The van der Waals surface area contributed by atoms with E-state index in [0.717, 1.165) is 19.4 Å². The molecular weight excluding hydrogens is 234 g/mol. The lowest BCUT2D eigenvalue weighted by Crippen LogP contribution is -2.33. The molecule has 1 N–H and O–H groups in total. The third-order valence-corrected chi connectivity index (χ3v) is 3.90. The van der Waals surface area contributed by atoms with Gasteiger partial charge in [-0.25, -0.2) is 0 Å². The second kappa shape index (κ2) is 6.90. The molecule has 0 spiro atoms. The number of nitrogens with one attached hydrogen (secondary N) is 1. The van der Waals surface area contributed by atoms with E-state index >= 15 is 0 Å². The fourth-order valence-corrected chi connectivity index (χ4v) is 2.83. The van der Waals surface area contributed by atoms with Crippen LogP contribution in [0.25, 0.3) is 6.08 Å². The van der Waals surface area contributed by atoms with Crippen molar-refractivity contribution >= 4 is 6.08 Å². The van der Waals surface area contributed by atoms with Crippen molar-refractivity contribution in [3.8, 4) is 0 Å². The highest BCUT2D eigenvalue weighted by Crippen LogP contribution is 2.18. The molecule has 2 heterocycles. The molecule has 19 heavy (non-hydrogen) atoms. The number of rotatable bonds is 5. The summed E-state index contributed by atoms with van der Waals surface area (Å²) in [5.74, 6) is 0. The predicted molar refractivity (Wildman–Crippen MR) is 81.2 cm³/mol. The zero-order valence-electron chi connectivity index (χ0n) is 12.6. The minimum Gasteiger partial charge on any atom is -0.314 e. The number of hydrogen-bond donors (Lipinski definition) is 1. The molecule has 3 heteroatoms. The Balaban J connectivity index is 2.04. The van der Waals surface area contributed by atoms with Crippen LogP contribution in [0.4, 0.5) is 0 Å². The van der Waals surface area contributed by atoms with E-state index in [1.807, 2.05) is 0 Å². The van der Waals surface area contributed by atoms with Gasteiger partial charge >= 0.3 is 0 Å². The standard InChI is InChI=1S/C16H27N3/c1-4-14-12-16(19(5-2)18-14)11-13(3)10-15-8-6-7-9-17-15/h11-12,15,17H,4-10H2,1-3H3/b13-11-. The van der Waals surface area contributed by atoms with Crippen molar-refractivity contribution in [3.05, 3.63) is 23.0 Å². The lowest BCUT2D eigenvalue weighted by molar-refractivity contribution is 0.399. The van der Waals surface area contributed by atoms with Gasteiger partial charge in [-0.15, -0.1) is 0 Å². The van der Waals surface area contributed by atoms with E-state index in [-0.39, 0.29) is 0 Å². The largest absolute Gasteiger partial charge is 0.314 e. The van der Waals surface area contributed by atoms with E-state index in [4.69, 9.17) is 0 Å². The number of nitrogens with zero attached hydrogens (tertiary/aromatic N) is 2. The average Bonchev–Trinajstić information content (AvgIpc) is 2.82. The third-order valence-electron chi connectivity index (χ3n) is 3.90. The molecule has 1 saturated heterocycles. The van der Waals surface area contributed by atoms with Gasteiger partial charge in [0, 0.05) is 12.6 Å². The second-order valence-corrected chi connectivity index (χ2v) is 5.57. The lowest BCUT2D eigenvalue weighted by Gasteiger charge is -2.23. The number of aryl methyl sites for hydroxylation is 2. The summed E-state index contributed by atoms with van der Waals surface area (Å²) in [4.78, 5) is 0. The molecule has 2 rings (SSSR count). The fourth-order valence-electron chi connectivity index (χ4n) is 2.83. The first kappa shape index (κ1) is 14.3. The van der Waals surface area contributed by atoms with Crippen molar-refractivity contribution in [2.24, 2.45) is 0 Å². The quantitative estimate of drug-likeness (QED) is 0.880. The molecule has 0 bridgehead atoms. The van der Waals surface area contributed by atoms with Crippen LogP contribution >= 0.6 is 0 Å². The van der Waals surface area contributed by atoms with Gasteiger partial charge in [0.1, 0.15) is 0 Å². The van der Waals surface area contributed by atoms with Gasteiger partial charge in [0.25, 0.3) is 0 Å². The number of piperidine rings is 1. The molecule has 1 aromatic rings. The van der Waals surface area contributed by atoms with Crippen LogP contribution in [0.2, 0.25) is 0 Å². The van der Waals surface area contributed by atoms with Gasteiger partial charge in [-0.1, -0.05) is 18.9 Å². The Bertz CT molecular complexity index is 425. The first-order chi connectivity index (χ1) is 9.22. The summed E-state index contributed by atoms with van der Waals surface area (Å²) < 4.78 is 2.11. The third kappa shape index (κ3) is 3.93. The lowest BCUT2D eigenvalue weighted by atomic mass is 9.98. The number of hydrogen-bond acceptors (Lipinski definition) is 2. The molecule has 0 amide bonds. The molecule has 1 unspecified atom stereocenters. The molecule has 0 aromatic carbocycles. The van der Waals surface area contributed by atoms with Crippen molar-refractivity contribution < 1.29 is 0 Å². The molecule has 0 saturated carbocycles. The van der Waals surface area contributed by atoms with Crippen LogP contribution in [0.1, 0.15) is 57.8 Å². The molecule has 1 atom stereocenters. The highest BCUT2D eigenvalue weighted by molar-refractivity contribution is 5.49. The van der Waals surface area contributed by atoms with Crippen LogP contribution in [0.15, 0.2) is 11.6 Å². The van der Waals surface area contributed by atoms with E-state index < -0.39 is 0 Å². The van der Waals surface area contributed by atoms with Gasteiger partial charge in [-0.2, -0.15) is 5.10 Å². The summed E-state index contributed by atoms with van der Waals surface area (Å²) in [6, 6.07) is 2.90. The average molecular weight is 261 g/mol. The van der Waals surface area contributed by atoms with E-state index in [1.165, 1.54) is 42.8 Å². The topological polar surface area (TPSA) is 29.9 Å². The van der Waals surface area contributed by atoms with Crippen LogP contribution in [0.3, 0.4) is 0 Å². The van der Waals surface area contributed by atoms with Crippen molar-refractivity contribution in [2.45, 2.75) is 65.5 Å². The Morgan fingerprint density at radius 1 is 1.47 bits per heavy atom. The first-order valence-electron chi connectivity index (χ1n) is 7.70. The summed E-state index contributed by atoms with van der Waals surface area (Å²) in [7, 11) is 0. The molecule has 1 aromatic heterocycles. The zero-order chi connectivity index (χ0) is 13.7. The minimum absolute atomic E-state index is 0.675. The highest BCUT2D eigenvalue weighted by atomic mass is 15.3. The predicted octanol–water partition coefficient (Wildman–Crippen LogP) is 3.40. The monoisotopic (exact) mass is 261 g/mol. The highest BCUT2D eigenvalue weighted by Gasteiger charge is 2.13. The Hall–Kier alpha value is -1.09. The molecule has 106 valence electrons. The molecule has 1 fully saturated rings. The van der Waals surface area contributed by atoms with Crippen LogP contribution in [0.5, 0.6) is 0 Å². The van der Waals surface area contributed by atoms with E-state index in [0.29, 0.717) is 6.04 Å². The maximum atomic E-state index is 4.60. The second-order valence-electron chi connectivity index (χ2n) is 5.57. The maximum absolute atomic E-state index is 4.60. The van der Waals surface area contributed by atoms with Crippen molar-refractivity contribution in [3.63, 3.8) is 0 Å². The normalized spacial score (nSPS) is 20.8. The van der Waals surface area contributed by atoms with Crippen LogP contribution in [0, 0.1) is 0 Å². The molecule has 0 radical (unpaired) electrons. The smallest absolute Gasteiger partial charge is 0.0628 e. The zero-order valence-corrected chi connectivity index (χ0v) is 12.6. The molecule has 1 aliphatic heterocycles. The van der Waals surface area contributed by atoms with Crippen LogP contribution in [-0.4, -0.2) is 22.4 Å². The summed E-state index contributed by atoms with van der Waals surface area (Å²) >= 11 is 0. The Morgan fingerprint density at radius 3 is 2.95 bits per heavy atom. The van der Waals surface area contributed by atoms with Gasteiger partial charge in [-0.05, 0) is 58.2 Å². The Kier molecular flexibility index (Phi) is 5.20. The van der Waals surface area contributed by atoms with Gasteiger partial charge in [0.15, 0.2) is 0 Å². The Morgan fingerprint density at radius 2 is 2.32 bits per heavy atom. The van der Waals surface area contributed by atoms with Crippen LogP contribution < -0.4 is 5.32 Å². The molecule has 3 nitrogen and oxygen atoms in total. The molecular formula is C16H27N3. The first-order valence-corrected chi connectivity index (χ1v) is 7.70. The summed E-state index contributed by atoms with van der Waals surface area (Å²) in [6.07, 6.45) is 8.51. The van der Waals surface area contributed by atoms with Crippen molar-refractivity contribution in [2.75, 3.05) is 6.54 Å². The van der Waals surface area contributed by atoms with Gasteiger partial charge in [-0.3, -0.25) is 4.68 Å². The van der Waals surface area contributed by atoms with Gasteiger partial charge < -0.3 is 5.32 Å². The van der Waals surface area contributed by atoms with Gasteiger partial charge in [0.05, 0.1) is 11.4 Å². The number of aromatic nitrogens is 2. The fraction of sp³-hybridized carbons (Fsp3) is 0.688. The van der Waals surface area contributed by atoms with Gasteiger partial charge in [0.2, 0.25) is 0 Å². The minimum atomic E-state index is 0.675. The van der Waals surface area contributed by atoms with E-state index in [9.17, 15) is 0 Å². The van der Waals surface area contributed by atoms with Crippen molar-refractivity contribution in [1.29, 1.82) is 0 Å². The van der Waals surface area contributed by atoms with Crippen molar-refractivity contribution in [1.82, 2.24) is 15.1 Å². The van der Waals surface area contributed by atoms with E-state index in [2.05, 4.69) is 48.0 Å². The SMILES string of the molecule is CCc1cc(/C=C(/C)CC2CCCCN2)n(CC)n1. The summed E-state index contributed by atoms with van der Waals surface area (Å²) in [6.45, 7) is 8.69. The molecule has 0 aliphatic carbocycles. The summed E-state index contributed by atoms with van der Waals surface area (Å²) in [5.41, 5.74) is 3.90. The summed E-state index contributed by atoms with van der Waals surface area (Å²) in [5, 5.41) is 8.22.